The number of hydrogen-bond acceptors (Lipinski definition) is 6. The molecule has 41 heavy (non-hydrogen) atoms. The summed E-state index contributed by atoms with van der Waals surface area (Å²) in [5.74, 6) is 1.78. The Morgan fingerprint density at radius 3 is 2.54 bits per heavy atom. The number of aromatic hydroxyl groups is 1. The number of carbonyl (C=O) groups excluding carboxylic acids is 1. The lowest BCUT2D eigenvalue weighted by Gasteiger charge is -2.19. The first-order valence-corrected chi connectivity index (χ1v) is 15.2. The summed E-state index contributed by atoms with van der Waals surface area (Å²) < 4.78 is 7.64. The molecular formula is C33H40N4O3S. The summed E-state index contributed by atoms with van der Waals surface area (Å²) in [4.78, 5) is 12.5. The average Bonchev–Trinajstić information content (AvgIpc) is 3.38. The van der Waals surface area contributed by atoms with E-state index in [9.17, 15) is 9.90 Å². The van der Waals surface area contributed by atoms with Crippen molar-refractivity contribution >= 4 is 17.7 Å². The molecule has 1 amide bonds. The lowest BCUT2D eigenvalue weighted by molar-refractivity contribution is 0.0950. The van der Waals surface area contributed by atoms with Crippen LogP contribution < -0.4 is 5.32 Å². The van der Waals surface area contributed by atoms with Crippen molar-refractivity contribution in [1.82, 2.24) is 20.1 Å². The van der Waals surface area contributed by atoms with Crippen molar-refractivity contribution in [2.75, 3.05) is 20.3 Å². The van der Waals surface area contributed by atoms with Crippen LogP contribution in [0.1, 0.15) is 64.5 Å². The van der Waals surface area contributed by atoms with Gasteiger partial charge in [0.05, 0.1) is 5.56 Å². The van der Waals surface area contributed by atoms with Gasteiger partial charge in [0.2, 0.25) is 0 Å². The number of ether oxygens (including phenoxy) is 1. The van der Waals surface area contributed by atoms with Crippen LogP contribution in [0, 0.1) is 6.92 Å². The third-order valence-electron chi connectivity index (χ3n) is 7.03. The highest BCUT2D eigenvalue weighted by molar-refractivity contribution is 7.98. The van der Waals surface area contributed by atoms with E-state index in [1.807, 2.05) is 6.07 Å². The molecule has 3 aromatic carbocycles. The molecular weight excluding hydrogens is 532 g/mol. The number of para-hydroxylation sites is 1. The number of nitrogens with one attached hydrogen (secondary N) is 1. The maximum Gasteiger partial charge on any atom is 0.255 e. The number of rotatable bonds is 16. The first-order chi connectivity index (χ1) is 20.0. The van der Waals surface area contributed by atoms with E-state index in [-0.39, 0.29) is 17.6 Å². The fourth-order valence-corrected chi connectivity index (χ4v) is 5.85. The summed E-state index contributed by atoms with van der Waals surface area (Å²) in [5, 5.41) is 23.2. The van der Waals surface area contributed by atoms with Crippen molar-refractivity contribution in [3.63, 3.8) is 0 Å². The number of phenolic OH excluding ortho intramolecular Hbond substituents is 1. The van der Waals surface area contributed by atoms with Gasteiger partial charge in [-0.25, -0.2) is 0 Å². The number of aryl methyl sites for hydroxylation is 1. The van der Waals surface area contributed by atoms with Crippen LogP contribution in [-0.4, -0.2) is 46.0 Å². The van der Waals surface area contributed by atoms with Crippen LogP contribution in [0.15, 0.2) is 84.0 Å². The van der Waals surface area contributed by atoms with Crippen LogP contribution in [0.5, 0.6) is 5.75 Å². The fourth-order valence-electron chi connectivity index (χ4n) is 4.94. The third-order valence-corrected chi connectivity index (χ3v) is 8.07. The van der Waals surface area contributed by atoms with Gasteiger partial charge in [-0.15, -0.1) is 10.2 Å². The van der Waals surface area contributed by atoms with Gasteiger partial charge in [-0.2, -0.15) is 0 Å². The zero-order valence-corrected chi connectivity index (χ0v) is 24.8. The average molecular weight is 573 g/mol. The second kappa shape index (κ2) is 16.0. The molecule has 0 aliphatic carbocycles. The fraction of sp³-hybridized carbons (Fsp3) is 0.364. The minimum atomic E-state index is -0.253. The van der Waals surface area contributed by atoms with Gasteiger partial charge >= 0.3 is 0 Å². The number of aromatic nitrogens is 3. The lowest BCUT2D eigenvalue weighted by atomic mass is 9.93. The molecule has 0 saturated heterocycles. The van der Waals surface area contributed by atoms with Gasteiger partial charge in [-0.1, -0.05) is 90.5 Å². The molecule has 7 nitrogen and oxygen atoms in total. The summed E-state index contributed by atoms with van der Waals surface area (Å²) in [6.45, 7) is 4.14. The van der Waals surface area contributed by atoms with Gasteiger partial charge in [0.25, 0.3) is 5.91 Å². The highest BCUT2D eigenvalue weighted by atomic mass is 32.2. The smallest absolute Gasteiger partial charge is 0.255 e. The highest BCUT2D eigenvalue weighted by Crippen LogP contribution is 2.30. The zero-order chi connectivity index (χ0) is 28.9. The van der Waals surface area contributed by atoms with Crippen LogP contribution in [0.3, 0.4) is 0 Å². The summed E-state index contributed by atoms with van der Waals surface area (Å²) in [6, 6.07) is 25.7. The molecule has 0 aliphatic heterocycles. The molecule has 0 bridgehead atoms. The lowest BCUT2D eigenvalue weighted by Crippen LogP contribution is -2.24. The van der Waals surface area contributed by atoms with E-state index in [0.29, 0.717) is 18.7 Å². The van der Waals surface area contributed by atoms with E-state index in [1.165, 1.54) is 22.8 Å². The molecule has 2 N–H and O–H groups in total. The van der Waals surface area contributed by atoms with Crippen LogP contribution in [-0.2, 0) is 23.5 Å². The molecule has 4 rings (SSSR count). The number of thioether (sulfide) groups is 1. The van der Waals surface area contributed by atoms with Crippen molar-refractivity contribution in [3.05, 3.63) is 107 Å². The number of nitrogens with zero attached hydrogens (tertiary/aromatic N) is 3. The SMILES string of the molecule is COCCCn1c(SCc2cccc(C)c2)nnc1C(CCCCNC(=O)c1ccccc1O)Cc1ccccc1. The number of carbonyl (C=O) groups is 1. The Morgan fingerprint density at radius 2 is 1.76 bits per heavy atom. The first-order valence-electron chi connectivity index (χ1n) is 14.3. The summed E-state index contributed by atoms with van der Waals surface area (Å²) >= 11 is 1.73. The second-order valence-electron chi connectivity index (χ2n) is 10.3. The quantitative estimate of drug-likeness (QED) is 0.117. The molecule has 0 saturated carbocycles. The standard InChI is InChI=1S/C33H40N4O3S/c1-25-12-10-15-27(22-25)24-41-33-36-35-31(37(33)20-11-21-40-2)28(23-26-13-4-3-5-14-26)16-8-9-19-34-32(39)29-17-6-7-18-30(29)38/h3-7,10,12-15,17-18,22,28,38H,8-9,11,16,19-21,23-24H2,1-2H3,(H,34,39). The molecule has 1 unspecified atom stereocenters. The molecule has 1 atom stereocenters. The minimum Gasteiger partial charge on any atom is -0.507 e. The molecule has 0 radical (unpaired) electrons. The minimum absolute atomic E-state index is 0.00296. The van der Waals surface area contributed by atoms with Crippen LogP contribution in [0.4, 0.5) is 0 Å². The Bertz CT molecular complexity index is 1380. The Balaban J connectivity index is 1.45. The van der Waals surface area contributed by atoms with E-state index in [1.54, 1.807) is 37.1 Å². The van der Waals surface area contributed by atoms with Crippen molar-refractivity contribution < 1.29 is 14.6 Å². The van der Waals surface area contributed by atoms with Gasteiger partial charge in [-0.05, 0) is 55.9 Å². The number of amides is 1. The Labute approximate surface area is 247 Å². The Morgan fingerprint density at radius 1 is 0.976 bits per heavy atom. The molecule has 0 aliphatic rings. The molecule has 8 heteroatoms. The van der Waals surface area contributed by atoms with Gasteiger partial charge in [0.1, 0.15) is 11.6 Å². The first kappa shape index (κ1) is 30.3. The normalized spacial score (nSPS) is 11.9. The molecule has 1 heterocycles. The largest absolute Gasteiger partial charge is 0.507 e. The maximum atomic E-state index is 12.5. The van der Waals surface area contributed by atoms with E-state index >= 15 is 0 Å². The molecule has 0 spiro atoms. The van der Waals surface area contributed by atoms with E-state index in [2.05, 4.69) is 70.4 Å². The van der Waals surface area contributed by atoms with Gasteiger partial charge in [0, 0.05) is 38.5 Å². The van der Waals surface area contributed by atoms with Crippen LogP contribution >= 0.6 is 11.8 Å². The monoisotopic (exact) mass is 572 g/mol. The Kier molecular flexibility index (Phi) is 11.8. The highest BCUT2D eigenvalue weighted by Gasteiger charge is 2.22. The topological polar surface area (TPSA) is 89.3 Å². The van der Waals surface area contributed by atoms with E-state index < -0.39 is 0 Å². The zero-order valence-electron chi connectivity index (χ0n) is 24.0. The summed E-state index contributed by atoms with van der Waals surface area (Å²) in [7, 11) is 1.73. The number of methoxy groups -OCH3 is 1. The van der Waals surface area contributed by atoms with Gasteiger partial charge < -0.3 is 19.7 Å². The summed E-state index contributed by atoms with van der Waals surface area (Å²) in [6.07, 6.45) is 4.44. The predicted molar refractivity (Wildman–Crippen MR) is 164 cm³/mol. The maximum absolute atomic E-state index is 12.5. The number of unbranched alkanes of at least 4 members (excludes halogenated alkanes) is 1. The van der Waals surface area contributed by atoms with Gasteiger partial charge in [0.15, 0.2) is 5.16 Å². The molecule has 216 valence electrons. The predicted octanol–water partition coefficient (Wildman–Crippen LogP) is 6.55. The van der Waals surface area contributed by atoms with Crippen molar-refractivity contribution in [1.29, 1.82) is 0 Å². The van der Waals surface area contributed by atoms with Crippen LogP contribution in [0.2, 0.25) is 0 Å². The third kappa shape index (κ3) is 9.20. The molecule has 1 aromatic heterocycles. The molecule has 4 aromatic rings. The number of hydrogen-bond donors (Lipinski definition) is 2. The van der Waals surface area contributed by atoms with E-state index in [4.69, 9.17) is 9.84 Å². The second-order valence-corrected chi connectivity index (χ2v) is 11.2. The van der Waals surface area contributed by atoms with Crippen molar-refractivity contribution in [3.8, 4) is 5.75 Å². The molecule has 0 fully saturated rings. The summed E-state index contributed by atoms with van der Waals surface area (Å²) in [5.41, 5.74) is 4.10. The van der Waals surface area contributed by atoms with Crippen LogP contribution in [0.25, 0.3) is 0 Å². The number of phenols is 1. The van der Waals surface area contributed by atoms with Crippen molar-refractivity contribution in [2.24, 2.45) is 0 Å². The Hall–Kier alpha value is -3.62. The number of benzene rings is 3. The van der Waals surface area contributed by atoms with Gasteiger partial charge in [-0.3, -0.25) is 4.79 Å². The van der Waals surface area contributed by atoms with E-state index in [0.717, 1.165) is 55.4 Å². The van der Waals surface area contributed by atoms with Crippen molar-refractivity contribution in [2.45, 2.75) is 62.4 Å².